The summed E-state index contributed by atoms with van der Waals surface area (Å²) in [5, 5.41) is 32.4. The van der Waals surface area contributed by atoms with Crippen molar-refractivity contribution in [1.29, 1.82) is 0 Å². The zero-order chi connectivity index (χ0) is 27.0. The summed E-state index contributed by atoms with van der Waals surface area (Å²) < 4.78 is 23.2. The van der Waals surface area contributed by atoms with Crippen LogP contribution in [0.3, 0.4) is 0 Å². The number of phenols is 2. The standard InChI is InChI=1S/C31H36O7/c1-5-6-7-8-22-28-21-11-9-17-13-19(32)10-12-20(17)27(21)23(35-2)16-24(28)38-31(29(22)33)18-14-25(36-3)30(34)26(15-18)37-4/h10,12-16,22,29,31-34H,5-9,11H2,1-4H3/t22-,29+,31-/m0/s1. The Hall–Kier alpha value is -3.58. The average molecular weight is 521 g/mol. The minimum Gasteiger partial charge on any atom is -0.508 e. The highest BCUT2D eigenvalue weighted by Gasteiger charge is 2.42. The van der Waals surface area contributed by atoms with Gasteiger partial charge in [-0.25, -0.2) is 0 Å². The van der Waals surface area contributed by atoms with Crippen molar-refractivity contribution in [3.63, 3.8) is 0 Å². The van der Waals surface area contributed by atoms with Gasteiger partial charge in [-0.15, -0.1) is 0 Å². The van der Waals surface area contributed by atoms with Crippen LogP contribution in [-0.2, 0) is 12.8 Å². The molecule has 0 saturated heterocycles. The number of aryl methyl sites for hydroxylation is 1. The van der Waals surface area contributed by atoms with Gasteiger partial charge in [0, 0.05) is 28.7 Å². The summed E-state index contributed by atoms with van der Waals surface area (Å²) in [6.07, 6.45) is 3.99. The first-order valence-corrected chi connectivity index (χ1v) is 13.3. The van der Waals surface area contributed by atoms with Gasteiger partial charge in [-0.05, 0) is 60.2 Å². The van der Waals surface area contributed by atoms with Crippen molar-refractivity contribution in [2.24, 2.45) is 0 Å². The predicted molar refractivity (Wildman–Crippen MR) is 145 cm³/mol. The molecule has 7 nitrogen and oxygen atoms in total. The molecule has 0 unspecified atom stereocenters. The monoisotopic (exact) mass is 520 g/mol. The molecule has 0 spiro atoms. The van der Waals surface area contributed by atoms with Crippen LogP contribution in [0, 0.1) is 0 Å². The van der Waals surface area contributed by atoms with Crippen molar-refractivity contribution >= 4 is 0 Å². The molecule has 3 atom stereocenters. The Bertz CT molecular complexity index is 1310. The fraction of sp³-hybridized carbons (Fsp3) is 0.419. The molecule has 1 aliphatic carbocycles. The van der Waals surface area contributed by atoms with Crippen molar-refractivity contribution in [2.45, 2.75) is 63.6 Å². The van der Waals surface area contributed by atoms with Crippen LogP contribution in [0.5, 0.6) is 34.5 Å². The SMILES string of the molecule is CCCCC[C@H]1c2c(cc(OC)c3c2CCc2cc(O)ccc2-3)O[C@@H](c2cc(OC)c(O)c(OC)c2)[C@@H]1O. The van der Waals surface area contributed by atoms with E-state index in [1.165, 1.54) is 14.2 Å². The summed E-state index contributed by atoms with van der Waals surface area (Å²) in [5.74, 6) is 1.92. The molecule has 3 N–H and O–H groups in total. The Kier molecular flexibility index (Phi) is 7.30. The second-order valence-corrected chi connectivity index (χ2v) is 10.1. The number of rotatable bonds is 8. The summed E-state index contributed by atoms with van der Waals surface area (Å²) in [6.45, 7) is 2.17. The number of phenolic OH excluding ortho intramolecular Hbond substituents is 2. The van der Waals surface area contributed by atoms with E-state index in [1.807, 2.05) is 18.2 Å². The van der Waals surface area contributed by atoms with Gasteiger partial charge >= 0.3 is 0 Å². The fourth-order valence-corrected chi connectivity index (χ4v) is 6.07. The summed E-state index contributed by atoms with van der Waals surface area (Å²) in [7, 11) is 4.61. The average Bonchev–Trinajstić information content (AvgIpc) is 2.93. The van der Waals surface area contributed by atoms with E-state index in [0.29, 0.717) is 17.1 Å². The molecule has 38 heavy (non-hydrogen) atoms. The molecule has 0 saturated carbocycles. The van der Waals surface area contributed by atoms with Crippen molar-refractivity contribution < 1.29 is 34.3 Å². The molecule has 0 aromatic heterocycles. The van der Waals surface area contributed by atoms with E-state index >= 15 is 0 Å². The van der Waals surface area contributed by atoms with Crippen LogP contribution in [0.4, 0.5) is 0 Å². The molecule has 7 heteroatoms. The van der Waals surface area contributed by atoms with Gasteiger partial charge < -0.3 is 34.3 Å². The minimum atomic E-state index is -0.822. The van der Waals surface area contributed by atoms with Crippen molar-refractivity contribution in [2.75, 3.05) is 21.3 Å². The molecule has 1 aliphatic heterocycles. The van der Waals surface area contributed by atoms with Crippen molar-refractivity contribution in [3.8, 4) is 45.6 Å². The number of aliphatic hydroxyl groups excluding tert-OH is 1. The molecule has 1 heterocycles. The topological polar surface area (TPSA) is 97.6 Å². The number of hydrogen-bond acceptors (Lipinski definition) is 7. The Morgan fingerprint density at radius 1 is 0.895 bits per heavy atom. The minimum absolute atomic E-state index is 0.0932. The molecule has 2 aliphatic rings. The van der Waals surface area contributed by atoms with Gasteiger partial charge in [0.05, 0.1) is 21.3 Å². The quantitative estimate of drug-likeness (QED) is 0.311. The first-order chi connectivity index (χ1) is 18.4. The van der Waals surface area contributed by atoms with Crippen LogP contribution in [0.1, 0.15) is 66.9 Å². The lowest BCUT2D eigenvalue weighted by Gasteiger charge is -2.40. The molecule has 0 amide bonds. The lowest BCUT2D eigenvalue weighted by Crippen LogP contribution is -2.35. The molecule has 0 radical (unpaired) electrons. The van der Waals surface area contributed by atoms with Crippen molar-refractivity contribution in [1.82, 2.24) is 0 Å². The second-order valence-electron chi connectivity index (χ2n) is 10.1. The Morgan fingerprint density at radius 3 is 2.26 bits per heavy atom. The number of aliphatic hydroxyl groups is 1. The zero-order valence-electron chi connectivity index (χ0n) is 22.4. The molecular weight excluding hydrogens is 484 g/mol. The van der Waals surface area contributed by atoms with Crippen LogP contribution in [-0.4, -0.2) is 42.8 Å². The van der Waals surface area contributed by atoms with E-state index in [4.69, 9.17) is 18.9 Å². The van der Waals surface area contributed by atoms with Gasteiger partial charge in [-0.2, -0.15) is 0 Å². The highest BCUT2D eigenvalue weighted by atomic mass is 16.5. The number of unbranched alkanes of at least 4 members (excludes halogenated alkanes) is 2. The van der Waals surface area contributed by atoms with Crippen LogP contribution in [0.2, 0.25) is 0 Å². The largest absolute Gasteiger partial charge is 0.508 e. The van der Waals surface area contributed by atoms with Gasteiger partial charge in [0.25, 0.3) is 0 Å². The van der Waals surface area contributed by atoms with Crippen LogP contribution >= 0.6 is 0 Å². The molecular formula is C31H36O7. The third kappa shape index (κ3) is 4.39. The van der Waals surface area contributed by atoms with Gasteiger partial charge in [0.1, 0.15) is 23.4 Å². The molecule has 0 fully saturated rings. The number of ether oxygens (including phenoxy) is 4. The summed E-state index contributed by atoms with van der Waals surface area (Å²) in [4.78, 5) is 0. The lowest BCUT2D eigenvalue weighted by molar-refractivity contribution is -0.00352. The lowest BCUT2D eigenvalue weighted by atomic mass is 9.74. The maximum atomic E-state index is 11.9. The first-order valence-electron chi connectivity index (χ1n) is 13.3. The summed E-state index contributed by atoms with van der Waals surface area (Å²) in [5.41, 5.74) is 5.97. The zero-order valence-corrected chi connectivity index (χ0v) is 22.4. The van der Waals surface area contributed by atoms with E-state index in [1.54, 1.807) is 25.3 Å². The molecule has 3 aromatic carbocycles. The molecule has 5 rings (SSSR count). The maximum absolute atomic E-state index is 11.9. The number of fused-ring (bicyclic) bond motifs is 5. The van der Waals surface area contributed by atoms with E-state index < -0.39 is 12.2 Å². The molecule has 3 aromatic rings. The number of hydrogen-bond donors (Lipinski definition) is 3. The van der Waals surface area contributed by atoms with E-state index in [2.05, 4.69) is 6.92 Å². The third-order valence-corrected chi connectivity index (χ3v) is 7.92. The smallest absolute Gasteiger partial charge is 0.200 e. The van der Waals surface area contributed by atoms with Crippen molar-refractivity contribution in [3.05, 3.63) is 58.7 Å². The summed E-state index contributed by atoms with van der Waals surface area (Å²) in [6, 6.07) is 10.8. The number of methoxy groups -OCH3 is 3. The Balaban J connectivity index is 1.68. The summed E-state index contributed by atoms with van der Waals surface area (Å²) >= 11 is 0. The predicted octanol–water partition coefficient (Wildman–Crippen LogP) is 6.05. The number of benzene rings is 3. The van der Waals surface area contributed by atoms with E-state index in [-0.39, 0.29) is 28.9 Å². The molecule has 202 valence electrons. The second kappa shape index (κ2) is 10.7. The Labute approximate surface area is 223 Å². The third-order valence-electron chi connectivity index (χ3n) is 7.92. The van der Waals surface area contributed by atoms with E-state index in [0.717, 1.165) is 66.3 Å². The van der Waals surface area contributed by atoms with Gasteiger partial charge in [-0.3, -0.25) is 0 Å². The Morgan fingerprint density at radius 2 is 1.61 bits per heavy atom. The van der Waals surface area contributed by atoms with Gasteiger partial charge in [-0.1, -0.05) is 32.3 Å². The van der Waals surface area contributed by atoms with Crippen LogP contribution in [0.15, 0.2) is 36.4 Å². The van der Waals surface area contributed by atoms with E-state index in [9.17, 15) is 15.3 Å². The normalized spacial score (nSPS) is 19.6. The van der Waals surface area contributed by atoms with Crippen LogP contribution in [0.25, 0.3) is 11.1 Å². The highest BCUT2D eigenvalue weighted by Crippen LogP contribution is 2.54. The molecule has 0 bridgehead atoms. The maximum Gasteiger partial charge on any atom is 0.200 e. The van der Waals surface area contributed by atoms with Gasteiger partial charge in [0.15, 0.2) is 17.6 Å². The first kappa shape index (κ1) is 26.0. The fourth-order valence-electron chi connectivity index (χ4n) is 6.07. The highest BCUT2D eigenvalue weighted by molar-refractivity contribution is 5.82. The van der Waals surface area contributed by atoms with Gasteiger partial charge in [0.2, 0.25) is 5.75 Å². The van der Waals surface area contributed by atoms with Crippen LogP contribution < -0.4 is 18.9 Å². The number of aromatic hydroxyl groups is 2.